The van der Waals surface area contributed by atoms with Crippen LogP contribution in [0.5, 0.6) is 0 Å². The lowest BCUT2D eigenvalue weighted by atomic mass is 9.49. The highest BCUT2D eigenvalue weighted by molar-refractivity contribution is 9.10. The van der Waals surface area contributed by atoms with Crippen LogP contribution in [0.1, 0.15) is 51.9 Å². The molecular formula is C16H23BrN2O4. The van der Waals surface area contributed by atoms with Crippen molar-refractivity contribution in [3.8, 4) is 0 Å². The van der Waals surface area contributed by atoms with Gasteiger partial charge in [-0.3, -0.25) is 14.9 Å². The zero-order chi connectivity index (χ0) is 16.8. The Bertz CT molecular complexity index is 536. The lowest BCUT2D eigenvalue weighted by Crippen LogP contribution is -2.53. The number of imide groups is 1. The van der Waals surface area contributed by atoms with E-state index < -0.39 is 18.0 Å². The van der Waals surface area contributed by atoms with Crippen molar-refractivity contribution in [1.82, 2.24) is 5.32 Å². The molecule has 3 N–H and O–H groups in total. The van der Waals surface area contributed by atoms with E-state index in [0.29, 0.717) is 18.3 Å². The Hall–Kier alpha value is -1.11. The zero-order valence-electron chi connectivity index (χ0n) is 13.3. The number of hydrogen-bond donors (Lipinski definition) is 2. The van der Waals surface area contributed by atoms with Gasteiger partial charge in [0.05, 0.1) is 6.42 Å². The maximum Gasteiger partial charge on any atom is 0.318 e. The summed E-state index contributed by atoms with van der Waals surface area (Å²) in [7, 11) is 0. The second-order valence-corrected chi connectivity index (χ2v) is 9.46. The largest absolute Gasteiger partial charge is 0.453 e. The van der Waals surface area contributed by atoms with Crippen molar-refractivity contribution in [1.29, 1.82) is 0 Å². The Morgan fingerprint density at radius 1 is 1.26 bits per heavy atom. The normalized spacial score (nSPS) is 38.9. The molecule has 4 rings (SSSR count). The van der Waals surface area contributed by atoms with Gasteiger partial charge in [0.1, 0.15) is 0 Å². The Kier molecular flexibility index (Phi) is 4.19. The van der Waals surface area contributed by atoms with Crippen molar-refractivity contribution < 1.29 is 19.1 Å². The van der Waals surface area contributed by atoms with Gasteiger partial charge in [-0.05, 0) is 62.7 Å². The molecule has 128 valence electrons. The third-order valence-electron chi connectivity index (χ3n) is 5.55. The fourth-order valence-corrected chi connectivity index (χ4v) is 6.87. The third kappa shape index (κ3) is 3.54. The van der Waals surface area contributed by atoms with Crippen LogP contribution in [0.4, 0.5) is 4.79 Å². The van der Waals surface area contributed by atoms with Gasteiger partial charge in [-0.15, -0.1) is 0 Å². The summed E-state index contributed by atoms with van der Waals surface area (Å²) >= 11 is 3.92. The first-order valence-corrected chi connectivity index (χ1v) is 8.97. The molecule has 0 saturated heterocycles. The molecule has 0 spiro atoms. The molecule has 5 atom stereocenters. The van der Waals surface area contributed by atoms with Gasteiger partial charge in [0, 0.05) is 4.32 Å². The predicted molar refractivity (Wildman–Crippen MR) is 86.7 cm³/mol. The van der Waals surface area contributed by atoms with Crippen LogP contribution in [-0.4, -0.2) is 28.3 Å². The molecular weight excluding hydrogens is 364 g/mol. The van der Waals surface area contributed by atoms with E-state index in [-0.39, 0.29) is 15.7 Å². The summed E-state index contributed by atoms with van der Waals surface area (Å²) in [6.07, 6.45) is 6.19. The van der Waals surface area contributed by atoms with E-state index in [1.54, 1.807) is 0 Å². The predicted octanol–water partition coefficient (Wildman–Crippen LogP) is 2.24. The summed E-state index contributed by atoms with van der Waals surface area (Å²) in [5, 5.41) is 1.93. The number of nitrogens with one attached hydrogen (secondary N) is 1. The second-order valence-electron chi connectivity index (χ2n) is 7.77. The first kappa shape index (κ1) is 16.7. The number of carbonyl (C=O) groups excluding carboxylic acids is 3. The Labute approximate surface area is 144 Å². The average molecular weight is 387 g/mol. The lowest BCUT2D eigenvalue weighted by molar-refractivity contribution is -0.160. The van der Waals surface area contributed by atoms with Crippen LogP contribution in [0.3, 0.4) is 0 Å². The summed E-state index contributed by atoms with van der Waals surface area (Å²) in [5.41, 5.74) is 4.90. The van der Waals surface area contributed by atoms with Crippen LogP contribution in [0.25, 0.3) is 0 Å². The number of carbonyl (C=O) groups is 3. The van der Waals surface area contributed by atoms with Gasteiger partial charge in [-0.25, -0.2) is 4.79 Å². The summed E-state index contributed by atoms with van der Waals surface area (Å²) in [5.74, 6) is 0.335. The molecule has 3 amide bonds. The number of rotatable bonds is 4. The molecule has 0 aromatic carbocycles. The van der Waals surface area contributed by atoms with E-state index in [1.807, 2.05) is 5.32 Å². The Morgan fingerprint density at radius 2 is 1.87 bits per heavy atom. The number of ether oxygens (including phenoxy) is 1. The van der Waals surface area contributed by atoms with Gasteiger partial charge < -0.3 is 10.5 Å². The van der Waals surface area contributed by atoms with Crippen LogP contribution in [0, 0.1) is 17.3 Å². The number of amides is 3. The molecule has 4 aliphatic carbocycles. The molecule has 23 heavy (non-hydrogen) atoms. The number of hydrogen-bond acceptors (Lipinski definition) is 4. The standard InChI is InChI=1S/C16H23BrN2O4/c1-9(13(21)19-14(18)22)23-12(20)7-15-3-10-2-11(4-15)6-16(17,5-10)8-15/h9-11H,2-8H2,1H3,(H3,18,19,21,22)/t9-,10-,11+,15?,16?/m1/s1. The monoisotopic (exact) mass is 386 g/mol. The van der Waals surface area contributed by atoms with E-state index in [9.17, 15) is 14.4 Å². The highest BCUT2D eigenvalue weighted by Gasteiger charge is 2.57. The molecule has 0 aromatic rings. The van der Waals surface area contributed by atoms with Crippen molar-refractivity contribution in [2.24, 2.45) is 23.0 Å². The lowest BCUT2D eigenvalue weighted by Gasteiger charge is -2.60. The van der Waals surface area contributed by atoms with E-state index in [4.69, 9.17) is 10.5 Å². The van der Waals surface area contributed by atoms with Gasteiger partial charge in [0.2, 0.25) is 0 Å². The van der Waals surface area contributed by atoms with E-state index in [1.165, 1.54) is 26.2 Å². The molecule has 4 saturated carbocycles. The summed E-state index contributed by atoms with van der Waals surface area (Å²) in [6.45, 7) is 1.45. The molecule has 6 nitrogen and oxygen atoms in total. The van der Waals surface area contributed by atoms with Crippen molar-refractivity contribution in [2.75, 3.05) is 0 Å². The fraction of sp³-hybridized carbons (Fsp3) is 0.812. The Morgan fingerprint density at radius 3 is 2.39 bits per heavy atom. The van der Waals surface area contributed by atoms with Crippen molar-refractivity contribution >= 4 is 33.8 Å². The zero-order valence-corrected chi connectivity index (χ0v) is 14.9. The quantitative estimate of drug-likeness (QED) is 0.571. The van der Waals surface area contributed by atoms with Crippen LogP contribution >= 0.6 is 15.9 Å². The number of esters is 1. The molecule has 0 heterocycles. The van der Waals surface area contributed by atoms with Crippen LogP contribution in [0.2, 0.25) is 0 Å². The average Bonchev–Trinajstić information content (AvgIpc) is 2.33. The first-order valence-electron chi connectivity index (χ1n) is 8.17. The van der Waals surface area contributed by atoms with Crippen molar-refractivity contribution in [3.05, 3.63) is 0 Å². The van der Waals surface area contributed by atoms with E-state index in [0.717, 1.165) is 19.3 Å². The summed E-state index contributed by atoms with van der Waals surface area (Å²) in [4.78, 5) is 34.6. The molecule has 4 fully saturated rings. The Balaban J connectivity index is 1.60. The number of halogens is 1. The van der Waals surface area contributed by atoms with E-state index >= 15 is 0 Å². The van der Waals surface area contributed by atoms with Gasteiger partial charge in [-0.2, -0.15) is 0 Å². The topological polar surface area (TPSA) is 98.5 Å². The molecule has 0 aromatic heterocycles. The minimum atomic E-state index is -1.01. The van der Waals surface area contributed by atoms with Crippen molar-refractivity contribution in [2.45, 2.75) is 62.3 Å². The van der Waals surface area contributed by atoms with E-state index in [2.05, 4.69) is 15.9 Å². The fourth-order valence-electron chi connectivity index (χ4n) is 5.36. The van der Waals surface area contributed by atoms with Gasteiger partial charge in [0.15, 0.2) is 6.10 Å². The summed E-state index contributed by atoms with van der Waals surface area (Å²) in [6, 6.07) is -0.944. The number of primary amides is 1. The molecule has 0 radical (unpaired) electrons. The number of urea groups is 1. The maximum absolute atomic E-state index is 12.3. The SMILES string of the molecule is C[C@@H](OC(=O)CC12C[C@@H]3C[C@@H](CC(Br)(C3)C1)C2)C(=O)NC(N)=O. The first-order chi connectivity index (χ1) is 10.7. The highest BCUT2D eigenvalue weighted by atomic mass is 79.9. The molecule has 4 aliphatic rings. The van der Waals surface area contributed by atoms with Crippen molar-refractivity contribution in [3.63, 3.8) is 0 Å². The van der Waals surface area contributed by atoms with Gasteiger partial charge in [-0.1, -0.05) is 15.9 Å². The third-order valence-corrected chi connectivity index (χ3v) is 6.48. The minimum Gasteiger partial charge on any atom is -0.453 e. The summed E-state index contributed by atoms with van der Waals surface area (Å²) < 4.78 is 5.40. The van der Waals surface area contributed by atoms with Gasteiger partial charge in [0.25, 0.3) is 5.91 Å². The minimum absolute atomic E-state index is 0.00451. The maximum atomic E-state index is 12.3. The molecule has 7 heteroatoms. The van der Waals surface area contributed by atoms with Crippen LogP contribution in [-0.2, 0) is 14.3 Å². The smallest absolute Gasteiger partial charge is 0.318 e. The molecule has 0 aliphatic heterocycles. The van der Waals surface area contributed by atoms with Crippen LogP contribution in [0.15, 0.2) is 0 Å². The number of alkyl halides is 1. The highest BCUT2D eigenvalue weighted by Crippen LogP contribution is 2.65. The molecule has 4 bridgehead atoms. The molecule has 2 unspecified atom stereocenters. The van der Waals surface area contributed by atoms with Gasteiger partial charge >= 0.3 is 12.0 Å². The number of nitrogens with two attached hydrogens (primary N) is 1. The van der Waals surface area contributed by atoms with Crippen LogP contribution < -0.4 is 11.1 Å². The second kappa shape index (κ2) is 5.76.